The van der Waals surface area contributed by atoms with Gasteiger partial charge in [-0.15, -0.1) is 0 Å². The summed E-state index contributed by atoms with van der Waals surface area (Å²) >= 11 is 0. The van der Waals surface area contributed by atoms with Gasteiger partial charge in [0.1, 0.15) is 0 Å². The van der Waals surface area contributed by atoms with Crippen LogP contribution >= 0.6 is 0 Å². The van der Waals surface area contributed by atoms with Gasteiger partial charge in [-0.25, -0.2) is 0 Å². The van der Waals surface area contributed by atoms with Crippen LogP contribution in [0.2, 0.25) is 0 Å². The number of para-hydroxylation sites is 1. The van der Waals surface area contributed by atoms with Gasteiger partial charge in [-0.2, -0.15) is 0 Å². The van der Waals surface area contributed by atoms with Crippen molar-refractivity contribution in [3.63, 3.8) is 0 Å². The zero-order valence-corrected chi connectivity index (χ0v) is 15.6. The Bertz CT molecular complexity index is 1040. The lowest BCUT2D eigenvalue weighted by atomic mass is 10.0. The first-order valence-corrected chi connectivity index (χ1v) is 8.82. The summed E-state index contributed by atoms with van der Waals surface area (Å²) in [5.41, 5.74) is 8.49. The average molecular weight is 342 g/mol. The Morgan fingerprint density at radius 3 is 2.35 bits per heavy atom. The maximum atomic E-state index is 12.7. The molecule has 0 unspecified atom stereocenters. The molecule has 26 heavy (non-hydrogen) atoms. The van der Waals surface area contributed by atoms with E-state index in [0.29, 0.717) is 0 Å². The number of aryl methyl sites for hydroxylation is 2. The fourth-order valence-corrected chi connectivity index (χ4v) is 3.72. The molecule has 1 aliphatic rings. The average Bonchev–Trinajstić information content (AvgIpc) is 3.05. The van der Waals surface area contributed by atoms with Gasteiger partial charge in [0, 0.05) is 35.3 Å². The predicted octanol–water partition coefficient (Wildman–Crippen LogP) is 4.92. The van der Waals surface area contributed by atoms with Crippen LogP contribution in [0.3, 0.4) is 0 Å². The van der Waals surface area contributed by atoms with Gasteiger partial charge in [0.05, 0.1) is 5.69 Å². The van der Waals surface area contributed by atoms with Crippen molar-refractivity contribution >= 4 is 23.2 Å². The lowest BCUT2D eigenvalue weighted by Crippen LogP contribution is -2.20. The van der Waals surface area contributed by atoms with Crippen LogP contribution in [-0.2, 0) is 4.79 Å². The van der Waals surface area contributed by atoms with E-state index in [1.807, 2.05) is 37.4 Å². The van der Waals surface area contributed by atoms with Crippen LogP contribution in [0.5, 0.6) is 0 Å². The van der Waals surface area contributed by atoms with Gasteiger partial charge in [0.15, 0.2) is 0 Å². The fraction of sp³-hybridized carbons (Fsp3) is 0.174. The van der Waals surface area contributed by atoms with Crippen LogP contribution < -0.4 is 4.90 Å². The van der Waals surface area contributed by atoms with E-state index in [1.165, 1.54) is 5.56 Å². The number of rotatable bonds is 2. The molecule has 0 saturated carbocycles. The van der Waals surface area contributed by atoms with Gasteiger partial charge in [-0.05, 0) is 56.7 Å². The third-order valence-electron chi connectivity index (χ3n) is 5.15. The first-order valence-electron chi connectivity index (χ1n) is 8.82. The second kappa shape index (κ2) is 6.03. The van der Waals surface area contributed by atoms with Crippen LogP contribution in [-0.4, -0.2) is 17.5 Å². The number of aromatic nitrogens is 1. The Morgan fingerprint density at radius 1 is 0.923 bits per heavy atom. The van der Waals surface area contributed by atoms with Crippen molar-refractivity contribution < 1.29 is 4.79 Å². The normalized spacial score (nSPS) is 15.0. The molecule has 3 nitrogen and oxygen atoms in total. The van der Waals surface area contributed by atoms with Crippen LogP contribution in [0.25, 0.3) is 17.3 Å². The smallest absolute Gasteiger partial charge is 0.258 e. The number of amides is 1. The summed E-state index contributed by atoms with van der Waals surface area (Å²) in [5, 5.41) is 0. The van der Waals surface area contributed by atoms with Crippen LogP contribution in [0.1, 0.15) is 28.1 Å². The van der Waals surface area contributed by atoms with Gasteiger partial charge in [-0.1, -0.05) is 35.9 Å². The zero-order chi connectivity index (χ0) is 18.4. The number of carbonyl (C=O) groups excluding carboxylic acids is 1. The van der Waals surface area contributed by atoms with E-state index < -0.39 is 0 Å². The third-order valence-corrected chi connectivity index (χ3v) is 5.15. The maximum Gasteiger partial charge on any atom is 0.258 e. The zero-order valence-electron chi connectivity index (χ0n) is 15.6. The number of fused-ring (bicyclic) bond motifs is 1. The standard InChI is InChI=1S/C23H22N2O/c1-15-9-11-19(12-10-15)25-16(2)13-18(17(25)3)14-21-20-7-5-6-8-22(20)24(4)23(21)26/h5-14H,1-4H3/b21-14+. The number of nitrogens with zero attached hydrogens (tertiary/aromatic N) is 2. The molecule has 0 aliphatic carbocycles. The summed E-state index contributed by atoms with van der Waals surface area (Å²) in [6.45, 7) is 6.30. The molecule has 1 aromatic heterocycles. The van der Waals surface area contributed by atoms with Crippen molar-refractivity contribution in [1.82, 2.24) is 4.57 Å². The lowest BCUT2D eigenvalue weighted by Gasteiger charge is -2.10. The number of hydrogen-bond donors (Lipinski definition) is 0. The maximum absolute atomic E-state index is 12.7. The molecule has 3 heteroatoms. The molecular formula is C23H22N2O. The Balaban J connectivity index is 1.83. The van der Waals surface area contributed by atoms with Gasteiger partial charge < -0.3 is 9.47 Å². The van der Waals surface area contributed by atoms with Crippen molar-refractivity contribution in [2.75, 3.05) is 11.9 Å². The first kappa shape index (κ1) is 16.4. The molecule has 2 aromatic carbocycles. The van der Waals surface area contributed by atoms with Crippen molar-refractivity contribution in [2.45, 2.75) is 20.8 Å². The quantitative estimate of drug-likeness (QED) is 0.607. The minimum Gasteiger partial charge on any atom is -0.318 e. The Morgan fingerprint density at radius 2 is 1.62 bits per heavy atom. The Hall–Kier alpha value is -3.07. The summed E-state index contributed by atoms with van der Waals surface area (Å²) in [7, 11) is 1.83. The van der Waals surface area contributed by atoms with Gasteiger partial charge >= 0.3 is 0 Å². The number of benzene rings is 2. The van der Waals surface area contributed by atoms with Gasteiger partial charge in [0.2, 0.25) is 0 Å². The Labute approximate surface area is 154 Å². The molecule has 0 fully saturated rings. The topological polar surface area (TPSA) is 25.2 Å². The molecule has 2 heterocycles. The van der Waals surface area contributed by atoms with Crippen molar-refractivity contribution in [3.8, 4) is 5.69 Å². The molecule has 0 radical (unpaired) electrons. The van der Waals surface area contributed by atoms with Gasteiger partial charge in [-0.3, -0.25) is 4.79 Å². The van der Waals surface area contributed by atoms with E-state index >= 15 is 0 Å². The molecule has 4 rings (SSSR count). The highest BCUT2D eigenvalue weighted by atomic mass is 16.2. The summed E-state index contributed by atoms with van der Waals surface area (Å²) in [6, 6.07) is 18.6. The second-order valence-electron chi connectivity index (χ2n) is 6.94. The summed E-state index contributed by atoms with van der Waals surface area (Å²) in [4.78, 5) is 14.5. The second-order valence-corrected chi connectivity index (χ2v) is 6.94. The van der Waals surface area contributed by atoms with Crippen LogP contribution in [0.15, 0.2) is 54.6 Å². The molecule has 1 amide bonds. The number of carbonyl (C=O) groups is 1. The molecule has 1 aliphatic heterocycles. The molecule has 0 bridgehead atoms. The fourth-order valence-electron chi connectivity index (χ4n) is 3.72. The van der Waals surface area contributed by atoms with Crippen molar-refractivity contribution in [1.29, 1.82) is 0 Å². The minimum absolute atomic E-state index is 0.0475. The van der Waals surface area contributed by atoms with E-state index in [-0.39, 0.29) is 5.91 Å². The van der Waals surface area contributed by atoms with E-state index in [1.54, 1.807) is 4.90 Å². The van der Waals surface area contributed by atoms with Crippen LogP contribution in [0, 0.1) is 20.8 Å². The molecule has 0 N–H and O–H groups in total. The largest absolute Gasteiger partial charge is 0.318 e. The number of hydrogen-bond acceptors (Lipinski definition) is 1. The van der Waals surface area contributed by atoms with E-state index in [4.69, 9.17) is 0 Å². The third kappa shape index (κ3) is 2.48. The summed E-state index contributed by atoms with van der Waals surface area (Å²) in [6.07, 6.45) is 2.03. The number of anilines is 1. The van der Waals surface area contributed by atoms with Gasteiger partial charge in [0.25, 0.3) is 5.91 Å². The van der Waals surface area contributed by atoms with E-state index in [2.05, 4.69) is 55.7 Å². The highest BCUT2D eigenvalue weighted by Gasteiger charge is 2.29. The van der Waals surface area contributed by atoms with Crippen molar-refractivity contribution in [3.05, 3.63) is 82.7 Å². The van der Waals surface area contributed by atoms with Crippen molar-refractivity contribution in [2.24, 2.45) is 0 Å². The summed E-state index contributed by atoms with van der Waals surface area (Å²) < 4.78 is 2.24. The first-order chi connectivity index (χ1) is 12.5. The minimum atomic E-state index is 0.0475. The molecule has 0 spiro atoms. The summed E-state index contributed by atoms with van der Waals surface area (Å²) in [5.74, 6) is 0.0475. The molecular weight excluding hydrogens is 320 g/mol. The highest BCUT2D eigenvalue weighted by Crippen LogP contribution is 2.37. The van der Waals surface area contributed by atoms with E-state index in [9.17, 15) is 4.79 Å². The predicted molar refractivity (Wildman–Crippen MR) is 108 cm³/mol. The molecule has 130 valence electrons. The molecule has 3 aromatic rings. The monoisotopic (exact) mass is 342 g/mol. The highest BCUT2D eigenvalue weighted by molar-refractivity contribution is 6.35. The van der Waals surface area contributed by atoms with Crippen LogP contribution in [0.4, 0.5) is 5.69 Å². The Kier molecular flexibility index (Phi) is 3.80. The lowest BCUT2D eigenvalue weighted by molar-refractivity contribution is -0.112. The van der Waals surface area contributed by atoms with E-state index in [0.717, 1.165) is 39.5 Å². The number of likely N-dealkylation sites (N-methyl/N-ethyl adjacent to an activating group) is 1. The molecule has 0 saturated heterocycles. The molecule has 0 atom stereocenters. The SMILES string of the molecule is Cc1ccc(-n2c(C)cc(/C=C3/C(=O)N(C)c4ccccc43)c2C)cc1.